The van der Waals surface area contributed by atoms with Gasteiger partial charge in [-0.05, 0) is 55.4 Å². The van der Waals surface area contributed by atoms with Crippen molar-refractivity contribution in [2.75, 3.05) is 26.3 Å². The molecule has 0 unspecified atom stereocenters. The molecular weight excluding hydrogens is 437 g/mol. The van der Waals surface area contributed by atoms with Crippen molar-refractivity contribution in [2.45, 2.75) is 44.2 Å². The van der Waals surface area contributed by atoms with E-state index < -0.39 is 11.7 Å². The van der Waals surface area contributed by atoms with E-state index >= 15 is 0 Å². The Balaban J connectivity index is 1.23. The molecule has 2 saturated heterocycles. The first-order valence-electron chi connectivity index (χ1n) is 12.0. The summed E-state index contributed by atoms with van der Waals surface area (Å²) in [7, 11) is 0. The summed E-state index contributed by atoms with van der Waals surface area (Å²) in [4.78, 5) is 27.0. The third-order valence-electron chi connectivity index (χ3n) is 7.26. The Morgan fingerprint density at radius 2 is 2.03 bits per heavy atom. The number of ketones is 1. The zero-order chi connectivity index (χ0) is 23.7. The molecule has 4 atom stereocenters. The predicted octanol–water partition coefficient (Wildman–Crippen LogP) is 3.34. The number of hydrogen-bond acceptors (Lipinski definition) is 6. The SMILES string of the molecule is N#C[C@@H](CC(=O)[C@H]1N[C@@H]2CC[C@H]1C2)Cc1ccc(-c2ccc(C(=O)N3CCOCC3)o2)cc1F. The first-order valence-corrected chi connectivity index (χ1v) is 12.0. The summed E-state index contributed by atoms with van der Waals surface area (Å²) in [5.41, 5.74) is 0.901. The van der Waals surface area contributed by atoms with Crippen LogP contribution in [0.4, 0.5) is 4.39 Å². The Morgan fingerprint density at radius 3 is 2.71 bits per heavy atom. The summed E-state index contributed by atoms with van der Waals surface area (Å²) in [5.74, 6) is -0.200. The average molecular weight is 466 g/mol. The van der Waals surface area contributed by atoms with Crippen LogP contribution < -0.4 is 5.32 Å². The van der Waals surface area contributed by atoms with Crippen molar-refractivity contribution < 1.29 is 23.1 Å². The maximum Gasteiger partial charge on any atom is 0.289 e. The molecule has 2 aliphatic heterocycles. The third kappa shape index (κ3) is 4.63. The number of morpholine rings is 1. The van der Waals surface area contributed by atoms with E-state index in [1.165, 1.54) is 6.07 Å². The fourth-order valence-corrected chi connectivity index (χ4v) is 5.41. The third-order valence-corrected chi connectivity index (χ3v) is 7.26. The fourth-order valence-electron chi connectivity index (χ4n) is 5.41. The summed E-state index contributed by atoms with van der Waals surface area (Å²) in [6.07, 6.45) is 3.52. The summed E-state index contributed by atoms with van der Waals surface area (Å²) in [6.45, 7) is 2.02. The first-order chi connectivity index (χ1) is 16.5. The molecule has 2 bridgehead atoms. The van der Waals surface area contributed by atoms with Gasteiger partial charge in [-0.3, -0.25) is 9.59 Å². The second-order valence-corrected chi connectivity index (χ2v) is 9.49. The lowest BCUT2D eigenvalue weighted by Crippen LogP contribution is -2.42. The maximum atomic E-state index is 14.9. The van der Waals surface area contributed by atoms with E-state index in [0.717, 1.165) is 19.3 Å². The number of carbonyl (C=O) groups is 2. The lowest BCUT2D eigenvalue weighted by atomic mass is 9.88. The van der Waals surface area contributed by atoms with Crippen LogP contribution in [0.1, 0.15) is 41.8 Å². The van der Waals surface area contributed by atoms with Gasteiger partial charge in [-0.25, -0.2) is 4.39 Å². The number of Topliss-reactive ketones (excluding diaryl/α,β-unsaturated/α-hetero) is 1. The lowest BCUT2D eigenvalue weighted by Gasteiger charge is -2.25. The first kappa shape index (κ1) is 22.8. The molecule has 1 N–H and O–H groups in total. The van der Waals surface area contributed by atoms with Gasteiger partial charge in [-0.15, -0.1) is 0 Å². The molecule has 178 valence electrons. The molecule has 1 aromatic carbocycles. The highest BCUT2D eigenvalue weighted by Gasteiger charge is 2.42. The average Bonchev–Trinajstić information content (AvgIpc) is 3.62. The molecule has 1 saturated carbocycles. The van der Waals surface area contributed by atoms with E-state index in [-0.39, 0.29) is 36.3 Å². The molecular formula is C26H28FN3O4. The molecule has 3 aliphatic rings. The number of fused-ring (bicyclic) bond motifs is 2. The molecule has 1 aliphatic carbocycles. The number of carbonyl (C=O) groups excluding carboxylic acids is 2. The van der Waals surface area contributed by atoms with Crippen molar-refractivity contribution >= 4 is 11.7 Å². The van der Waals surface area contributed by atoms with Crippen LogP contribution in [-0.2, 0) is 16.0 Å². The topological polar surface area (TPSA) is 95.6 Å². The van der Waals surface area contributed by atoms with Crippen LogP contribution in [0, 0.1) is 29.0 Å². The molecule has 0 radical (unpaired) electrons. The quantitative estimate of drug-likeness (QED) is 0.674. The Bertz CT molecular complexity index is 1120. The van der Waals surface area contributed by atoms with Gasteiger partial charge in [0.05, 0.1) is 31.2 Å². The van der Waals surface area contributed by atoms with E-state index in [2.05, 4.69) is 11.4 Å². The van der Waals surface area contributed by atoms with Crippen molar-refractivity contribution in [2.24, 2.45) is 11.8 Å². The highest BCUT2D eigenvalue weighted by Crippen LogP contribution is 2.36. The van der Waals surface area contributed by atoms with Gasteiger partial charge in [0.2, 0.25) is 0 Å². The number of hydrogen-bond donors (Lipinski definition) is 1. The molecule has 1 amide bonds. The zero-order valence-corrected chi connectivity index (χ0v) is 19.0. The summed E-state index contributed by atoms with van der Waals surface area (Å²) in [5, 5.41) is 13.0. The Hall–Kier alpha value is -3.02. The Labute approximate surface area is 197 Å². The van der Waals surface area contributed by atoms with Gasteiger partial charge in [0.1, 0.15) is 11.6 Å². The number of rotatable bonds is 7. The number of benzene rings is 1. The molecule has 2 aromatic rings. The van der Waals surface area contributed by atoms with Crippen LogP contribution in [0.25, 0.3) is 11.3 Å². The number of nitriles is 1. The fraction of sp³-hybridized carbons (Fsp3) is 0.500. The van der Waals surface area contributed by atoms with Crippen molar-refractivity contribution in [1.82, 2.24) is 10.2 Å². The van der Waals surface area contributed by atoms with Crippen LogP contribution >= 0.6 is 0 Å². The van der Waals surface area contributed by atoms with Crippen molar-refractivity contribution in [3.63, 3.8) is 0 Å². The van der Waals surface area contributed by atoms with Gasteiger partial charge in [-0.2, -0.15) is 5.26 Å². The van der Waals surface area contributed by atoms with Gasteiger partial charge < -0.3 is 19.4 Å². The molecule has 3 fully saturated rings. The van der Waals surface area contributed by atoms with Crippen molar-refractivity contribution in [3.8, 4) is 17.4 Å². The molecule has 8 heteroatoms. The number of nitrogens with zero attached hydrogens (tertiary/aromatic N) is 2. The maximum absolute atomic E-state index is 14.9. The van der Waals surface area contributed by atoms with Crippen LogP contribution in [0.3, 0.4) is 0 Å². The smallest absolute Gasteiger partial charge is 0.289 e. The molecule has 34 heavy (non-hydrogen) atoms. The Kier molecular flexibility index (Phi) is 6.48. The van der Waals surface area contributed by atoms with Gasteiger partial charge in [0.25, 0.3) is 5.91 Å². The second-order valence-electron chi connectivity index (χ2n) is 9.49. The van der Waals surface area contributed by atoms with Gasteiger partial charge in [0.15, 0.2) is 11.5 Å². The van der Waals surface area contributed by atoms with Crippen molar-refractivity contribution in [1.29, 1.82) is 5.26 Å². The van der Waals surface area contributed by atoms with Crippen LogP contribution in [-0.4, -0.2) is 55.0 Å². The summed E-state index contributed by atoms with van der Waals surface area (Å²) < 4.78 is 25.9. The number of nitrogens with one attached hydrogen (secondary N) is 1. The number of furan rings is 1. The second kappa shape index (κ2) is 9.69. The van der Waals surface area contributed by atoms with E-state index in [4.69, 9.17) is 9.15 Å². The van der Waals surface area contributed by atoms with Gasteiger partial charge in [-0.1, -0.05) is 12.1 Å². The highest BCUT2D eigenvalue weighted by atomic mass is 19.1. The van der Waals surface area contributed by atoms with Crippen LogP contribution in [0.5, 0.6) is 0 Å². The van der Waals surface area contributed by atoms with Crippen molar-refractivity contribution in [3.05, 3.63) is 47.5 Å². The van der Waals surface area contributed by atoms with Crippen LogP contribution in [0.2, 0.25) is 0 Å². The minimum atomic E-state index is -0.574. The zero-order valence-electron chi connectivity index (χ0n) is 19.0. The Morgan fingerprint density at radius 1 is 1.21 bits per heavy atom. The normalized spacial score (nSPS) is 24.7. The molecule has 3 heterocycles. The molecule has 1 aromatic heterocycles. The minimum Gasteiger partial charge on any atom is -0.451 e. The monoisotopic (exact) mass is 465 g/mol. The summed E-state index contributed by atoms with van der Waals surface area (Å²) >= 11 is 0. The van der Waals surface area contributed by atoms with Gasteiger partial charge >= 0.3 is 0 Å². The van der Waals surface area contributed by atoms with E-state index in [0.29, 0.717) is 55.2 Å². The number of piperidine rings is 1. The molecule has 0 spiro atoms. The predicted molar refractivity (Wildman–Crippen MR) is 121 cm³/mol. The largest absolute Gasteiger partial charge is 0.451 e. The van der Waals surface area contributed by atoms with Gasteiger partial charge in [0, 0.05) is 31.1 Å². The van der Waals surface area contributed by atoms with E-state index in [1.807, 2.05) is 0 Å². The van der Waals surface area contributed by atoms with E-state index in [9.17, 15) is 19.2 Å². The minimum absolute atomic E-state index is 0.0591. The standard InChI is InChI=1S/C26H28FN3O4/c27-21-14-18(23-5-6-24(34-23)26(32)30-7-9-33-10-8-30)2-1-17(21)11-16(15-28)12-22(31)25-19-3-4-20(13-19)29-25/h1-2,5-6,14,16,19-20,25,29H,3-4,7-13H2/t16-,19+,20-,25+/m1/s1. The molecule has 7 nitrogen and oxygen atoms in total. The highest BCUT2D eigenvalue weighted by molar-refractivity contribution is 5.92. The number of amides is 1. The number of halogens is 1. The van der Waals surface area contributed by atoms with Crippen LogP contribution in [0.15, 0.2) is 34.7 Å². The molecule has 5 rings (SSSR count). The number of ether oxygens (including phenoxy) is 1. The van der Waals surface area contributed by atoms with E-state index in [1.54, 1.807) is 29.2 Å². The summed E-state index contributed by atoms with van der Waals surface area (Å²) in [6, 6.07) is 10.4. The lowest BCUT2D eigenvalue weighted by molar-refractivity contribution is -0.122.